The Bertz CT molecular complexity index is 2700. The minimum Gasteiger partial charge on any atom is -0.490 e. The van der Waals surface area contributed by atoms with E-state index in [9.17, 15) is 52.2 Å². The minimum absolute atomic E-state index is 0.158. The monoisotopic (exact) mass is 1300 g/mol. The highest BCUT2D eigenvalue weighted by Gasteiger charge is 2.37. The van der Waals surface area contributed by atoms with Gasteiger partial charge >= 0.3 is 11.9 Å². The van der Waals surface area contributed by atoms with E-state index in [0.717, 1.165) is 0 Å². The number of hydrazine groups is 2. The van der Waals surface area contributed by atoms with Crippen LogP contribution in [0.25, 0.3) is 0 Å². The van der Waals surface area contributed by atoms with Gasteiger partial charge in [-0.2, -0.15) is 0 Å². The van der Waals surface area contributed by atoms with Gasteiger partial charge in [-0.25, -0.2) is 19.6 Å². The van der Waals surface area contributed by atoms with Crippen molar-refractivity contribution in [1.82, 2.24) is 42.1 Å². The zero-order chi connectivity index (χ0) is 66.6. The molecule has 21 nitrogen and oxygen atoms in total. The Labute approximate surface area is 531 Å². The molecule has 1 unspecified atom stereocenters. The summed E-state index contributed by atoms with van der Waals surface area (Å²) in [5.74, 6) is -4.77. The molecule has 0 aromatic heterocycles. The number of nitrogens with zero attached hydrogens (tertiary/aromatic N) is 2. The number of amides is 6. The molecule has 26 heteroatoms. The highest BCUT2D eigenvalue weighted by Crippen LogP contribution is 2.28. The molecule has 2 heterocycles. The summed E-state index contributed by atoms with van der Waals surface area (Å²) in [6.45, 7) is 32.0. The van der Waals surface area contributed by atoms with Crippen LogP contribution in [0.15, 0.2) is 87.0 Å². The fourth-order valence-electron chi connectivity index (χ4n) is 8.54. The van der Waals surface area contributed by atoms with E-state index in [0.29, 0.717) is 69.7 Å². The van der Waals surface area contributed by atoms with Crippen LogP contribution in [0, 0.1) is 35.3 Å². The number of aliphatic hydroxyl groups excluding tert-OH is 1. The highest BCUT2D eigenvalue weighted by atomic mass is 35.6. The summed E-state index contributed by atoms with van der Waals surface area (Å²) >= 11 is 16.8. The number of alkyl halides is 3. The zero-order valence-corrected chi connectivity index (χ0v) is 54.2. The van der Waals surface area contributed by atoms with Crippen LogP contribution in [0.5, 0.6) is 11.5 Å². The van der Waals surface area contributed by atoms with Crippen molar-refractivity contribution in [3.8, 4) is 11.5 Å². The molecule has 2 aliphatic rings. The van der Waals surface area contributed by atoms with E-state index in [4.69, 9.17) is 53.8 Å². The van der Waals surface area contributed by atoms with Gasteiger partial charge in [-0.15, -0.1) is 13.2 Å². The second kappa shape index (κ2) is 38.7. The van der Waals surface area contributed by atoms with Crippen LogP contribution >= 0.6 is 34.8 Å². The molecule has 2 aromatic carbocycles. The van der Waals surface area contributed by atoms with E-state index in [1.807, 2.05) is 0 Å². The lowest BCUT2D eigenvalue weighted by Crippen LogP contribution is -2.61. The smallest absolute Gasteiger partial charge is 0.325 e. The number of nitrogens with one attached hydrogen (secondary N) is 6. The van der Waals surface area contributed by atoms with Gasteiger partial charge in [0, 0.05) is 36.1 Å². The summed E-state index contributed by atoms with van der Waals surface area (Å²) in [5, 5.41) is 22.6. The standard InChI is InChI=1S/C30H43FN4O6.C21H33Cl3N4O5.C11H13FO2/c1-8-11-19(5)27(36)33-26(18(3)4)28(37)32-20(6)29(38)35-15-10-12-25(34-35)30(39)41-21(7)23-17-22(40-16-9-2)13-14-24(23)31;1-6-8-13(4)17(29)26-16(12(2)3)18(30)25-14(5)19(31)28-10-7-9-15(27-28)20(32)33-11-21(22,23)24;1-3-6-14-9-4-5-11(12)10(7-9)8(2)13/h8-9,13-14,17-21,25-26,34H,1-2,10-12,15-16H2,3-7H3,(H,32,37)(H,33,36);6,12-16,27H,1,7-11H2,2-5H3,(H,25,30)(H,26,29);3-5,7-8,13H,1,6H2,2H3/t19-,20+,21?,25+,26+;13-,14+,15+,16+;8-/m111/s1. The fourth-order valence-corrected chi connectivity index (χ4v) is 8.70. The Morgan fingerprint density at radius 1 is 0.614 bits per heavy atom. The van der Waals surface area contributed by atoms with Gasteiger partial charge in [-0.1, -0.05) is 114 Å². The van der Waals surface area contributed by atoms with E-state index < -0.39 is 106 Å². The van der Waals surface area contributed by atoms with E-state index in [1.165, 1.54) is 67.2 Å². The van der Waals surface area contributed by atoms with E-state index in [1.54, 1.807) is 72.8 Å². The number of hydrogen-bond donors (Lipinski definition) is 7. The normalized spacial score (nSPS) is 17.5. The molecular weight excluding hydrogens is 1210 g/mol. The van der Waals surface area contributed by atoms with Gasteiger partial charge in [0.2, 0.25) is 27.4 Å². The van der Waals surface area contributed by atoms with Crippen LogP contribution in [-0.2, 0) is 47.8 Å². The third-order valence-corrected chi connectivity index (χ3v) is 13.9. The van der Waals surface area contributed by atoms with Crippen LogP contribution in [0.1, 0.15) is 131 Å². The lowest BCUT2D eigenvalue weighted by atomic mass is 10.0. The van der Waals surface area contributed by atoms with E-state index in [2.05, 4.69) is 58.4 Å². The van der Waals surface area contributed by atoms with Crippen molar-refractivity contribution in [2.45, 2.75) is 160 Å². The molecule has 4 rings (SSSR count). The average molecular weight is 1300 g/mol. The number of carbonyl (C=O) groups is 8. The third kappa shape index (κ3) is 26.6. The molecule has 6 amide bonds. The summed E-state index contributed by atoms with van der Waals surface area (Å²) in [7, 11) is 0. The maximum atomic E-state index is 14.4. The van der Waals surface area contributed by atoms with Crippen molar-refractivity contribution in [3.05, 3.63) is 110 Å². The molecule has 2 aromatic rings. The molecule has 10 atom stereocenters. The van der Waals surface area contributed by atoms with Gasteiger partial charge in [0.1, 0.15) is 85.3 Å². The molecule has 0 saturated carbocycles. The lowest BCUT2D eigenvalue weighted by Gasteiger charge is -2.35. The number of carbonyl (C=O) groups excluding carboxylic acids is 8. The summed E-state index contributed by atoms with van der Waals surface area (Å²) in [6, 6.07) is 3.39. The first-order valence-corrected chi connectivity index (χ1v) is 30.2. The van der Waals surface area contributed by atoms with Crippen LogP contribution < -0.4 is 41.6 Å². The number of rotatable bonds is 28. The molecule has 0 aliphatic carbocycles. The van der Waals surface area contributed by atoms with Crippen LogP contribution in [0.3, 0.4) is 0 Å². The second-order valence-corrected chi connectivity index (χ2v) is 24.5. The second-order valence-electron chi connectivity index (χ2n) is 21.9. The quantitative estimate of drug-likeness (QED) is 0.0241. The van der Waals surface area contributed by atoms with Gasteiger partial charge in [0.25, 0.3) is 11.8 Å². The maximum absolute atomic E-state index is 14.4. The van der Waals surface area contributed by atoms with Crippen molar-refractivity contribution in [1.29, 1.82) is 0 Å². The van der Waals surface area contributed by atoms with Gasteiger partial charge in [-0.05, 0) is 114 Å². The third-order valence-electron chi connectivity index (χ3n) is 13.6. The first-order valence-electron chi connectivity index (χ1n) is 29.1. The van der Waals surface area contributed by atoms with Crippen molar-refractivity contribution < 1.29 is 71.2 Å². The molecule has 0 bridgehead atoms. The largest absolute Gasteiger partial charge is 0.490 e. The molecule has 2 aliphatic heterocycles. The topological polar surface area (TPSA) is 272 Å². The Morgan fingerprint density at radius 3 is 1.39 bits per heavy atom. The Kier molecular flexibility index (Phi) is 34.1. The van der Waals surface area contributed by atoms with Crippen molar-refractivity contribution in [3.63, 3.8) is 0 Å². The van der Waals surface area contributed by atoms with Gasteiger partial charge in [-0.3, -0.25) is 48.4 Å². The zero-order valence-electron chi connectivity index (χ0n) is 51.9. The predicted octanol–water partition coefficient (Wildman–Crippen LogP) is 8.04. The average Bonchev–Trinajstić information content (AvgIpc) is 3.51. The summed E-state index contributed by atoms with van der Waals surface area (Å²) in [5.41, 5.74) is 6.09. The SMILES string of the molecule is C=CCOc1ccc(F)c(C(C)OC(=O)[C@@H]2CCCN(C(=O)[C@H](C)NC(=O)[C@@H](NC(=O)[C@H](C)CC=C)C(C)C)N2)c1.C=CCOc1ccc(F)c([C@@H](C)O)c1.C=CC[C@@H](C)C(=O)N[C@H](C(=O)N[C@@H](C)C(=O)N1CCC[C@@H](C(=O)OCC(Cl)(Cl)Cl)N1)C(C)C. The maximum Gasteiger partial charge on any atom is 0.325 e. The first-order chi connectivity index (χ1) is 41.3. The number of esters is 2. The van der Waals surface area contributed by atoms with Crippen molar-refractivity contribution >= 4 is 82.2 Å². The van der Waals surface area contributed by atoms with Gasteiger partial charge in [0.15, 0.2) is 0 Å². The predicted molar refractivity (Wildman–Crippen MR) is 333 cm³/mol. The van der Waals surface area contributed by atoms with Crippen molar-refractivity contribution in [2.24, 2.45) is 23.7 Å². The number of ether oxygens (including phenoxy) is 4. The van der Waals surface area contributed by atoms with E-state index >= 15 is 0 Å². The molecule has 2 fully saturated rings. The molecular formula is C62H89Cl3F2N8O13. The number of aliphatic hydroxyl groups is 1. The molecule has 0 spiro atoms. The fraction of sp³-hybridized carbons (Fsp3) is 0.548. The Hall–Kier alpha value is -6.63. The van der Waals surface area contributed by atoms with Gasteiger partial charge < -0.3 is 45.3 Å². The first kappa shape index (κ1) is 77.5. The van der Waals surface area contributed by atoms with Gasteiger partial charge in [0.05, 0.1) is 6.10 Å². The number of allylic oxidation sites excluding steroid dienone is 2. The van der Waals surface area contributed by atoms with Crippen LogP contribution in [-0.4, -0.2) is 135 Å². The van der Waals surface area contributed by atoms with Crippen LogP contribution in [0.4, 0.5) is 8.78 Å². The lowest BCUT2D eigenvalue weighted by molar-refractivity contribution is -0.157. The molecule has 2 saturated heterocycles. The molecule has 7 N–H and O–H groups in total. The van der Waals surface area contributed by atoms with Crippen molar-refractivity contribution in [2.75, 3.05) is 32.9 Å². The molecule has 88 heavy (non-hydrogen) atoms. The Balaban J connectivity index is 0.000000499. The van der Waals surface area contributed by atoms with Crippen LogP contribution in [0.2, 0.25) is 0 Å². The number of benzene rings is 2. The summed E-state index contributed by atoms with van der Waals surface area (Å²) in [6.07, 6.45) is 7.57. The van der Waals surface area contributed by atoms with E-state index in [-0.39, 0.29) is 53.2 Å². The number of hydrogen-bond acceptors (Lipinski definition) is 15. The Morgan fingerprint density at radius 2 is 1.01 bits per heavy atom. The molecule has 0 radical (unpaired) electrons. The highest BCUT2D eigenvalue weighted by molar-refractivity contribution is 6.67. The number of halogens is 5. The summed E-state index contributed by atoms with van der Waals surface area (Å²) < 4.78 is 47.0. The summed E-state index contributed by atoms with van der Waals surface area (Å²) in [4.78, 5) is 102. The molecule has 490 valence electrons. The minimum atomic E-state index is -1.73.